The van der Waals surface area contributed by atoms with E-state index < -0.39 is 0 Å². The summed E-state index contributed by atoms with van der Waals surface area (Å²) in [5, 5.41) is 23.6. The number of carbonyl (C=O) groups is 1. The van der Waals surface area contributed by atoms with E-state index in [1.54, 1.807) is 58.3 Å². The first-order chi connectivity index (χ1) is 19.4. The zero-order chi connectivity index (χ0) is 27.8. The van der Waals surface area contributed by atoms with Crippen LogP contribution in [0.15, 0.2) is 95.4 Å². The number of benzene rings is 3. The topological polar surface area (TPSA) is 89.8 Å². The van der Waals surface area contributed by atoms with Gasteiger partial charge in [0.2, 0.25) is 11.6 Å². The van der Waals surface area contributed by atoms with Gasteiger partial charge < -0.3 is 10.1 Å². The number of aromatic nitrogens is 4. The Morgan fingerprint density at radius 2 is 1.73 bits per heavy atom. The average molecular weight is 587 g/mol. The van der Waals surface area contributed by atoms with Crippen molar-refractivity contribution in [3.05, 3.63) is 117 Å². The first-order valence-corrected chi connectivity index (χ1v) is 13.8. The predicted molar refractivity (Wildman–Crippen MR) is 160 cm³/mol. The molecule has 0 spiro atoms. The molecule has 1 amide bonds. The zero-order valence-electron chi connectivity index (χ0n) is 21.0. The van der Waals surface area contributed by atoms with E-state index in [0.717, 1.165) is 33.0 Å². The van der Waals surface area contributed by atoms with Gasteiger partial charge in [-0.05, 0) is 46.6 Å². The number of fused-ring (bicyclic) bond motifs is 4. The molecule has 0 saturated heterocycles. The van der Waals surface area contributed by atoms with Crippen LogP contribution < -0.4 is 9.75 Å². The maximum absolute atomic E-state index is 12.0. The van der Waals surface area contributed by atoms with Gasteiger partial charge in [0.15, 0.2) is 0 Å². The van der Waals surface area contributed by atoms with Crippen LogP contribution in [-0.2, 0) is 4.79 Å². The molecule has 40 heavy (non-hydrogen) atoms. The van der Waals surface area contributed by atoms with Crippen LogP contribution in [0.25, 0.3) is 27.1 Å². The molecule has 1 aliphatic rings. The first kappa shape index (κ1) is 25.9. The molecule has 0 radical (unpaired) electrons. The van der Waals surface area contributed by atoms with E-state index in [4.69, 9.17) is 23.2 Å². The second-order valence-electron chi connectivity index (χ2n) is 8.92. The van der Waals surface area contributed by atoms with Crippen molar-refractivity contribution in [1.82, 2.24) is 14.7 Å². The van der Waals surface area contributed by atoms with Crippen molar-refractivity contribution < 1.29 is 9.64 Å². The van der Waals surface area contributed by atoms with Gasteiger partial charge in [-0.1, -0.05) is 59.6 Å². The van der Waals surface area contributed by atoms with Gasteiger partial charge in [0.05, 0.1) is 23.2 Å². The highest BCUT2D eigenvalue weighted by Crippen LogP contribution is 2.30. The minimum Gasteiger partial charge on any atom is -0.594 e. The summed E-state index contributed by atoms with van der Waals surface area (Å²) in [6, 6.07) is 24.3. The molecule has 3 aromatic heterocycles. The van der Waals surface area contributed by atoms with Gasteiger partial charge in [-0.2, -0.15) is 5.10 Å². The third-order valence-electron chi connectivity index (χ3n) is 6.46. The number of amides is 1. The summed E-state index contributed by atoms with van der Waals surface area (Å²) in [4.78, 5) is 19.8. The molecular formula is C29H20Cl2N6O2S. The lowest BCUT2D eigenvalue weighted by molar-refractivity contribution is -0.640. The van der Waals surface area contributed by atoms with E-state index in [1.807, 2.05) is 60.0 Å². The van der Waals surface area contributed by atoms with Crippen LogP contribution in [0.5, 0.6) is 0 Å². The van der Waals surface area contributed by atoms with E-state index in [-0.39, 0.29) is 12.5 Å². The van der Waals surface area contributed by atoms with Crippen LogP contribution in [0.2, 0.25) is 10.0 Å². The number of hydrogen-bond acceptors (Lipinski definition) is 6. The predicted octanol–water partition coefficient (Wildman–Crippen LogP) is 6.05. The molecule has 0 saturated carbocycles. The van der Waals surface area contributed by atoms with Gasteiger partial charge >= 0.3 is 0 Å². The van der Waals surface area contributed by atoms with Gasteiger partial charge in [-0.3, -0.25) is 9.79 Å². The maximum Gasteiger partial charge on any atom is 0.270 e. The molecule has 11 heteroatoms. The van der Waals surface area contributed by atoms with Crippen molar-refractivity contribution in [3.63, 3.8) is 0 Å². The van der Waals surface area contributed by atoms with Gasteiger partial charge in [0.1, 0.15) is 12.1 Å². The van der Waals surface area contributed by atoms with Crippen LogP contribution in [0.1, 0.15) is 11.1 Å². The van der Waals surface area contributed by atoms with Crippen molar-refractivity contribution >= 4 is 68.5 Å². The molecule has 4 heterocycles. The molecule has 0 aliphatic carbocycles. The Morgan fingerprint density at radius 1 is 0.950 bits per heavy atom. The van der Waals surface area contributed by atoms with E-state index in [9.17, 15) is 10.0 Å². The minimum absolute atomic E-state index is 0.0282. The summed E-state index contributed by atoms with van der Waals surface area (Å²) in [5.74, 6) is -0.0282. The fourth-order valence-corrected chi connectivity index (χ4v) is 5.56. The number of hydrogen-bond donors (Lipinski definition) is 0. The SMILES string of the molecule is CN1C(=O)CN=C(c2ccccc2)c2cc(Cl)ccc21.[O-][n+]1nc2c(-c3cccs3)cnn2c2cc(Cl)ccc21. The van der Waals surface area contributed by atoms with Crippen LogP contribution in [0.4, 0.5) is 5.69 Å². The molecule has 8 nitrogen and oxygen atoms in total. The Morgan fingerprint density at radius 3 is 2.50 bits per heavy atom. The lowest BCUT2D eigenvalue weighted by Crippen LogP contribution is -2.33. The van der Waals surface area contributed by atoms with Crippen LogP contribution in [0, 0.1) is 5.21 Å². The Hall–Kier alpha value is -4.31. The summed E-state index contributed by atoms with van der Waals surface area (Å²) in [6.07, 6.45) is 1.72. The molecular weight excluding hydrogens is 567 g/mol. The van der Waals surface area contributed by atoms with E-state index >= 15 is 0 Å². The van der Waals surface area contributed by atoms with Crippen molar-refractivity contribution in [3.8, 4) is 10.4 Å². The Bertz CT molecular complexity index is 1910. The zero-order valence-corrected chi connectivity index (χ0v) is 23.4. The largest absolute Gasteiger partial charge is 0.594 e. The normalized spacial score (nSPS) is 13.0. The molecule has 1 aliphatic heterocycles. The number of nitrogens with zero attached hydrogens (tertiary/aromatic N) is 6. The average Bonchev–Trinajstić information content (AvgIpc) is 3.62. The van der Waals surface area contributed by atoms with Crippen molar-refractivity contribution in [1.29, 1.82) is 0 Å². The molecule has 7 rings (SSSR count). The number of carbonyl (C=O) groups excluding carboxylic acids is 1. The highest BCUT2D eigenvalue weighted by molar-refractivity contribution is 7.13. The lowest BCUT2D eigenvalue weighted by atomic mass is 10.0. The maximum atomic E-state index is 12.0. The number of rotatable bonds is 2. The third kappa shape index (κ3) is 4.79. The fraction of sp³-hybridized carbons (Fsp3) is 0.0690. The number of thiophene rings is 1. The van der Waals surface area contributed by atoms with Crippen LogP contribution in [-0.4, -0.2) is 39.9 Å². The number of benzodiazepines with no additional fused rings is 1. The monoisotopic (exact) mass is 586 g/mol. The smallest absolute Gasteiger partial charge is 0.270 e. The van der Waals surface area contributed by atoms with E-state index in [0.29, 0.717) is 31.6 Å². The number of halogens is 2. The van der Waals surface area contributed by atoms with Crippen molar-refractivity contribution in [2.24, 2.45) is 4.99 Å². The first-order valence-electron chi connectivity index (χ1n) is 12.2. The summed E-state index contributed by atoms with van der Waals surface area (Å²) in [5.41, 5.74) is 5.95. The molecule has 198 valence electrons. The molecule has 0 bridgehead atoms. The number of likely N-dealkylation sites (N-methyl/N-ethyl adjacent to an activating group) is 1. The number of aliphatic imine (C=N–C) groups is 1. The van der Waals surface area contributed by atoms with Crippen molar-refractivity contribution in [2.45, 2.75) is 0 Å². The standard InChI is InChI=1S/C16H13ClN2O.C13H7ClN4OS/c1-19-14-8-7-12(17)9-13(14)16(18-10-15(19)20)11-5-3-2-4-6-11;14-8-3-4-10-11(6-8)17-13(16-18(10)19)9(7-15-17)12-2-1-5-20-12/h2-9H,10H2,1H3;1-7H. The molecule has 0 N–H and O–H groups in total. The lowest BCUT2D eigenvalue weighted by Gasteiger charge is -2.18. The highest BCUT2D eigenvalue weighted by atomic mass is 35.5. The Balaban J connectivity index is 0.000000145. The highest BCUT2D eigenvalue weighted by Gasteiger charge is 2.22. The Labute approximate surface area is 242 Å². The molecule has 0 unspecified atom stereocenters. The molecule has 0 fully saturated rings. The molecule has 0 atom stereocenters. The summed E-state index contributed by atoms with van der Waals surface area (Å²) < 4.78 is 1.64. The molecule has 3 aromatic carbocycles. The van der Waals surface area contributed by atoms with Crippen LogP contribution in [0.3, 0.4) is 0 Å². The molecule has 6 aromatic rings. The Kier molecular flexibility index (Phi) is 6.93. The fourth-order valence-electron chi connectivity index (χ4n) is 4.49. The van der Waals surface area contributed by atoms with E-state index in [1.165, 1.54) is 0 Å². The second kappa shape index (κ2) is 10.7. The van der Waals surface area contributed by atoms with Gasteiger partial charge in [0.25, 0.3) is 5.52 Å². The quantitative estimate of drug-likeness (QED) is 0.182. The third-order valence-corrected chi connectivity index (χ3v) is 7.83. The number of anilines is 1. The van der Waals surface area contributed by atoms with E-state index in [2.05, 4.69) is 15.2 Å². The summed E-state index contributed by atoms with van der Waals surface area (Å²) in [6.45, 7) is 0.146. The minimum atomic E-state index is -0.0282. The summed E-state index contributed by atoms with van der Waals surface area (Å²) in [7, 11) is 1.76. The van der Waals surface area contributed by atoms with Gasteiger partial charge in [-0.25, -0.2) is 4.52 Å². The summed E-state index contributed by atoms with van der Waals surface area (Å²) >= 11 is 13.7. The van der Waals surface area contributed by atoms with Gasteiger partial charge in [0, 0.05) is 44.3 Å². The van der Waals surface area contributed by atoms with Gasteiger partial charge in [-0.15, -0.1) is 11.3 Å². The second-order valence-corrected chi connectivity index (χ2v) is 10.7. The van der Waals surface area contributed by atoms with Crippen LogP contribution >= 0.6 is 34.5 Å². The van der Waals surface area contributed by atoms with Crippen molar-refractivity contribution in [2.75, 3.05) is 18.5 Å².